The van der Waals surface area contributed by atoms with Crippen LogP contribution in [0.15, 0.2) is 6.20 Å². The van der Waals surface area contributed by atoms with Gasteiger partial charge in [-0.2, -0.15) is 11.8 Å². The standard InChI is InChI=1S/C11H19N3OS/c1-10(2)6-11(15,8-16-7-10)4-9-5-14(3)13-12-9/h5,15H,4,6-8H2,1-3H3. The summed E-state index contributed by atoms with van der Waals surface area (Å²) in [5.41, 5.74) is 0.464. The van der Waals surface area contributed by atoms with Crippen molar-refractivity contribution in [3.8, 4) is 0 Å². The third kappa shape index (κ3) is 2.77. The third-order valence-electron chi connectivity index (χ3n) is 2.83. The molecule has 0 aliphatic carbocycles. The molecule has 2 heterocycles. The van der Waals surface area contributed by atoms with Crippen molar-refractivity contribution in [2.24, 2.45) is 12.5 Å². The average molecular weight is 241 g/mol. The van der Waals surface area contributed by atoms with Crippen LogP contribution in [0.4, 0.5) is 0 Å². The number of hydrogen-bond donors (Lipinski definition) is 1. The summed E-state index contributed by atoms with van der Waals surface area (Å²) in [5.74, 6) is 1.92. The first-order chi connectivity index (χ1) is 7.39. The maximum atomic E-state index is 10.6. The molecule has 90 valence electrons. The molecule has 1 aromatic heterocycles. The van der Waals surface area contributed by atoms with Gasteiger partial charge in [0.15, 0.2) is 0 Å². The van der Waals surface area contributed by atoms with Crippen LogP contribution in [0.3, 0.4) is 0 Å². The van der Waals surface area contributed by atoms with Crippen LogP contribution >= 0.6 is 11.8 Å². The van der Waals surface area contributed by atoms with Crippen LogP contribution in [0.1, 0.15) is 26.0 Å². The summed E-state index contributed by atoms with van der Waals surface area (Å²) >= 11 is 1.83. The predicted molar refractivity (Wildman–Crippen MR) is 65.4 cm³/mol. The number of nitrogens with zero attached hydrogens (tertiary/aromatic N) is 3. The van der Waals surface area contributed by atoms with Gasteiger partial charge in [-0.15, -0.1) is 5.10 Å². The molecule has 1 unspecified atom stereocenters. The van der Waals surface area contributed by atoms with Crippen molar-refractivity contribution in [3.63, 3.8) is 0 Å². The number of aromatic nitrogens is 3. The molecule has 0 aromatic carbocycles. The summed E-state index contributed by atoms with van der Waals surface area (Å²) in [6, 6.07) is 0. The fourth-order valence-corrected chi connectivity index (χ4v) is 3.78. The molecule has 0 spiro atoms. The highest BCUT2D eigenvalue weighted by atomic mass is 32.2. The third-order valence-corrected chi connectivity index (χ3v) is 4.56. The first-order valence-electron chi connectivity index (χ1n) is 5.54. The van der Waals surface area contributed by atoms with E-state index in [1.54, 1.807) is 4.68 Å². The van der Waals surface area contributed by atoms with Crippen molar-refractivity contribution in [1.82, 2.24) is 15.0 Å². The topological polar surface area (TPSA) is 50.9 Å². The minimum atomic E-state index is -0.623. The van der Waals surface area contributed by atoms with Crippen molar-refractivity contribution in [2.45, 2.75) is 32.3 Å². The highest BCUT2D eigenvalue weighted by molar-refractivity contribution is 7.99. The van der Waals surface area contributed by atoms with Crippen LogP contribution in [-0.4, -0.2) is 37.2 Å². The highest BCUT2D eigenvalue weighted by Gasteiger charge is 2.39. The Morgan fingerprint density at radius 3 is 2.81 bits per heavy atom. The first-order valence-corrected chi connectivity index (χ1v) is 6.69. The second-order valence-corrected chi connectivity index (χ2v) is 6.60. The van der Waals surface area contributed by atoms with Crippen LogP contribution in [-0.2, 0) is 13.5 Å². The summed E-state index contributed by atoms with van der Waals surface area (Å²) in [6.07, 6.45) is 3.32. The molecular weight excluding hydrogens is 222 g/mol. The van der Waals surface area contributed by atoms with Gasteiger partial charge in [0.25, 0.3) is 0 Å². The highest BCUT2D eigenvalue weighted by Crippen LogP contribution is 2.40. The summed E-state index contributed by atoms with van der Waals surface area (Å²) in [4.78, 5) is 0. The zero-order chi connectivity index (χ0) is 11.8. The van der Waals surface area contributed by atoms with E-state index >= 15 is 0 Å². The predicted octanol–water partition coefficient (Wildman–Crippen LogP) is 1.25. The molecule has 4 nitrogen and oxygen atoms in total. The Morgan fingerprint density at radius 2 is 2.25 bits per heavy atom. The molecule has 1 N–H and O–H groups in total. The number of aliphatic hydroxyl groups is 1. The molecule has 0 bridgehead atoms. The Bertz CT molecular complexity index is 377. The van der Waals surface area contributed by atoms with Crippen LogP contribution < -0.4 is 0 Å². The van der Waals surface area contributed by atoms with Gasteiger partial charge < -0.3 is 5.11 Å². The molecule has 0 amide bonds. The van der Waals surface area contributed by atoms with E-state index in [2.05, 4.69) is 24.2 Å². The molecule has 1 fully saturated rings. The second-order valence-electron chi connectivity index (χ2n) is 5.62. The largest absolute Gasteiger partial charge is 0.389 e. The molecule has 1 atom stereocenters. The second kappa shape index (κ2) is 4.04. The van der Waals surface area contributed by atoms with E-state index in [-0.39, 0.29) is 5.41 Å². The van der Waals surface area contributed by atoms with Gasteiger partial charge in [0, 0.05) is 25.4 Å². The Morgan fingerprint density at radius 1 is 1.50 bits per heavy atom. The average Bonchev–Trinajstić information content (AvgIpc) is 2.47. The van der Waals surface area contributed by atoms with Gasteiger partial charge >= 0.3 is 0 Å². The molecular formula is C11H19N3OS. The van der Waals surface area contributed by atoms with E-state index in [0.717, 1.165) is 23.6 Å². The molecule has 1 aromatic rings. The zero-order valence-electron chi connectivity index (χ0n) is 10.1. The van der Waals surface area contributed by atoms with Crippen LogP contribution in [0, 0.1) is 5.41 Å². The van der Waals surface area contributed by atoms with Crippen LogP contribution in [0.2, 0.25) is 0 Å². The fraction of sp³-hybridized carbons (Fsp3) is 0.818. The summed E-state index contributed by atoms with van der Waals surface area (Å²) < 4.78 is 1.68. The van der Waals surface area contributed by atoms with Crippen molar-refractivity contribution < 1.29 is 5.11 Å². The van der Waals surface area contributed by atoms with Crippen molar-refractivity contribution in [1.29, 1.82) is 0 Å². The van der Waals surface area contributed by atoms with Gasteiger partial charge in [-0.05, 0) is 17.6 Å². The smallest absolute Gasteiger partial charge is 0.0855 e. The molecule has 0 radical (unpaired) electrons. The van der Waals surface area contributed by atoms with Gasteiger partial charge in [0.1, 0.15) is 0 Å². The van der Waals surface area contributed by atoms with Crippen molar-refractivity contribution in [3.05, 3.63) is 11.9 Å². The summed E-state index contributed by atoms with van der Waals surface area (Å²) in [7, 11) is 1.85. The SMILES string of the molecule is Cn1cc(CC2(O)CSCC(C)(C)C2)nn1. The van der Waals surface area contributed by atoms with E-state index < -0.39 is 5.60 Å². The lowest BCUT2D eigenvalue weighted by Crippen LogP contribution is -2.44. The van der Waals surface area contributed by atoms with Crippen LogP contribution in [0.25, 0.3) is 0 Å². The van der Waals surface area contributed by atoms with Crippen molar-refractivity contribution in [2.75, 3.05) is 11.5 Å². The Labute approximate surface area is 100 Å². The molecule has 1 aliphatic heterocycles. The summed E-state index contributed by atoms with van der Waals surface area (Å²) in [6.45, 7) is 4.42. The zero-order valence-corrected chi connectivity index (χ0v) is 10.9. The van der Waals surface area contributed by atoms with Crippen LogP contribution in [0.5, 0.6) is 0 Å². The lowest BCUT2D eigenvalue weighted by molar-refractivity contribution is 0.0192. The normalized spacial score (nSPS) is 29.2. The minimum Gasteiger partial charge on any atom is -0.389 e. The van der Waals surface area contributed by atoms with E-state index in [9.17, 15) is 5.11 Å². The number of thioether (sulfide) groups is 1. The molecule has 0 saturated carbocycles. The van der Waals surface area contributed by atoms with Gasteiger partial charge in [0.05, 0.1) is 11.3 Å². The number of aryl methyl sites for hydroxylation is 1. The monoisotopic (exact) mass is 241 g/mol. The van der Waals surface area contributed by atoms with Gasteiger partial charge in [-0.25, -0.2) is 0 Å². The molecule has 16 heavy (non-hydrogen) atoms. The minimum absolute atomic E-state index is 0.208. The van der Waals surface area contributed by atoms with E-state index in [4.69, 9.17) is 0 Å². The van der Waals surface area contributed by atoms with Gasteiger partial charge in [0.2, 0.25) is 0 Å². The lowest BCUT2D eigenvalue weighted by atomic mass is 9.80. The molecule has 1 saturated heterocycles. The Kier molecular flexibility index (Phi) is 3.01. The Balaban J connectivity index is 2.07. The first kappa shape index (κ1) is 11.9. The van der Waals surface area contributed by atoms with E-state index in [1.807, 2.05) is 25.0 Å². The quantitative estimate of drug-likeness (QED) is 0.846. The van der Waals surface area contributed by atoms with Gasteiger partial charge in [-0.1, -0.05) is 19.1 Å². The van der Waals surface area contributed by atoms with Crippen molar-refractivity contribution >= 4 is 11.8 Å². The van der Waals surface area contributed by atoms with E-state index in [1.165, 1.54) is 0 Å². The lowest BCUT2D eigenvalue weighted by Gasteiger charge is -2.40. The maximum Gasteiger partial charge on any atom is 0.0855 e. The molecule has 1 aliphatic rings. The fourth-order valence-electron chi connectivity index (χ4n) is 2.44. The number of hydrogen-bond acceptors (Lipinski definition) is 4. The molecule has 2 rings (SSSR count). The Hall–Kier alpha value is -0.550. The summed E-state index contributed by atoms with van der Waals surface area (Å²) in [5, 5.41) is 18.5. The number of rotatable bonds is 2. The maximum absolute atomic E-state index is 10.6. The van der Waals surface area contributed by atoms with E-state index in [0.29, 0.717) is 6.42 Å². The van der Waals surface area contributed by atoms with Gasteiger partial charge in [-0.3, -0.25) is 4.68 Å². The molecule has 5 heteroatoms.